The second-order valence-corrected chi connectivity index (χ2v) is 10.1. The quantitative estimate of drug-likeness (QED) is 0.371. The van der Waals surface area contributed by atoms with Gasteiger partial charge in [-0.15, -0.1) is 0 Å². The summed E-state index contributed by atoms with van der Waals surface area (Å²) in [7, 11) is -8.68. The molecule has 1 unspecified atom stereocenters. The Labute approximate surface area is 171 Å². The van der Waals surface area contributed by atoms with Crippen molar-refractivity contribution in [1.82, 2.24) is 0 Å². The van der Waals surface area contributed by atoms with Gasteiger partial charge in [0, 0.05) is 0 Å². The van der Waals surface area contributed by atoms with E-state index in [9.17, 15) is 17.5 Å². The van der Waals surface area contributed by atoms with Crippen molar-refractivity contribution in [2.75, 3.05) is 13.2 Å². The van der Waals surface area contributed by atoms with Crippen molar-refractivity contribution < 1.29 is 31.3 Å². The summed E-state index contributed by atoms with van der Waals surface area (Å²) in [5, 5.41) is 0. The molecule has 9 heteroatoms. The van der Waals surface area contributed by atoms with Gasteiger partial charge in [0.05, 0.1) is 13.2 Å². The molecule has 0 heterocycles. The van der Waals surface area contributed by atoms with Crippen LogP contribution < -0.4 is 4.74 Å². The molecule has 0 bridgehead atoms. The molecule has 29 heavy (non-hydrogen) atoms. The average Bonchev–Trinajstić information content (AvgIpc) is 2.66. The Bertz CT molecular complexity index is 931. The molecule has 0 amide bonds. The van der Waals surface area contributed by atoms with Gasteiger partial charge in [0.15, 0.2) is 4.99 Å². The maximum Gasteiger partial charge on any atom is 0.351 e. The second kappa shape index (κ2) is 10.7. The third-order valence-corrected chi connectivity index (χ3v) is 8.43. The topological polar surface area (TPSA) is 99.1 Å². The summed E-state index contributed by atoms with van der Waals surface area (Å²) in [6.45, 7) is 3.13. The summed E-state index contributed by atoms with van der Waals surface area (Å²) in [4.78, 5) is -1.69. The molecule has 2 aromatic rings. The fraction of sp³-hybridized carbons (Fsp3) is 0.300. The van der Waals surface area contributed by atoms with Crippen LogP contribution in [0.1, 0.15) is 25.8 Å². The summed E-state index contributed by atoms with van der Waals surface area (Å²) >= 11 is 0. The summed E-state index contributed by atoms with van der Waals surface area (Å²) < 4.78 is 61.7. The van der Waals surface area contributed by atoms with Gasteiger partial charge in [-0.1, -0.05) is 42.5 Å². The average molecular weight is 440 g/mol. The van der Waals surface area contributed by atoms with Crippen LogP contribution in [0.15, 0.2) is 60.7 Å². The zero-order valence-corrected chi connectivity index (χ0v) is 18.0. The number of allylic oxidation sites excluding steroid dienone is 1. The van der Waals surface area contributed by atoms with Crippen LogP contribution in [0.4, 0.5) is 0 Å². The first-order valence-electron chi connectivity index (χ1n) is 9.13. The number of hydrogen-bond acceptors (Lipinski definition) is 6. The van der Waals surface area contributed by atoms with Gasteiger partial charge in [0.2, 0.25) is 0 Å². The summed E-state index contributed by atoms with van der Waals surface area (Å²) in [6.07, 6.45) is 2.95. The third kappa shape index (κ3) is 7.10. The van der Waals surface area contributed by atoms with Crippen molar-refractivity contribution in [3.63, 3.8) is 0 Å². The number of para-hydroxylation sites is 1. The minimum absolute atomic E-state index is 0.00408. The zero-order valence-electron chi connectivity index (χ0n) is 16.3. The lowest BCUT2D eigenvalue weighted by Crippen LogP contribution is -2.22. The minimum atomic E-state index is -4.65. The summed E-state index contributed by atoms with van der Waals surface area (Å²) in [5.41, 5.74) is 0.780. The molecule has 2 rings (SSSR count). The predicted octanol–water partition coefficient (Wildman–Crippen LogP) is 5.36. The summed E-state index contributed by atoms with van der Waals surface area (Å²) in [5.74, 6) is 1.37. The molecule has 0 aliphatic carbocycles. The van der Waals surface area contributed by atoms with Gasteiger partial charge in [-0.3, -0.25) is 9.12 Å². The highest BCUT2D eigenvalue weighted by Crippen LogP contribution is 2.56. The van der Waals surface area contributed by atoms with Crippen molar-refractivity contribution in [3.05, 3.63) is 66.2 Å². The first-order valence-corrected chi connectivity index (χ1v) is 12.2. The van der Waals surface area contributed by atoms with Gasteiger partial charge in [0.25, 0.3) is 10.1 Å². The predicted molar refractivity (Wildman–Crippen MR) is 113 cm³/mol. The van der Waals surface area contributed by atoms with Crippen molar-refractivity contribution in [2.45, 2.75) is 25.3 Å². The van der Waals surface area contributed by atoms with Crippen LogP contribution in [0.2, 0.25) is 0 Å². The van der Waals surface area contributed by atoms with E-state index >= 15 is 0 Å². The van der Waals surface area contributed by atoms with Crippen molar-refractivity contribution in [1.29, 1.82) is 0 Å². The van der Waals surface area contributed by atoms with Crippen LogP contribution in [-0.2, 0) is 23.7 Å². The first-order chi connectivity index (χ1) is 13.8. The van der Waals surface area contributed by atoms with Gasteiger partial charge in [-0.2, -0.15) is 8.42 Å². The molecule has 0 saturated heterocycles. The van der Waals surface area contributed by atoms with E-state index in [2.05, 4.69) is 0 Å². The van der Waals surface area contributed by atoms with E-state index in [1.807, 2.05) is 30.3 Å². The van der Waals surface area contributed by atoms with Crippen molar-refractivity contribution in [3.8, 4) is 11.5 Å². The second-order valence-electron chi connectivity index (χ2n) is 5.97. The largest absolute Gasteiger partial charge is 0.457 e. The number of ether oxygens (including phenoxy) is 1. The zero-order chi connectivity index (χ0) is 21.3. The highest BCUT2D eigenvalue weighted by molar-refractivity contribution is 7.94. The Hall–Kier alpha value is -1.96. The number of rotatable bonds is 11. The molecule has 0 aliphatic heterocycles. The molecule has 0 aromatic heterocycles. The van der Waals surface area contributed by atoms with E-state index in [0.717, 1.165) is 11.3 Å². The Kier molecular flexibility index (Phi) is 8.61. The van der Waals surface area contributed by atoms with Crippen molar-refractivity contribution >= 4 is 23.8 Å². The SMILES string of the molecule is CCOP(=O)(OCC)C(CC=Cc1ccc(Oc2ccccc2)cc1)S(=O)(=O)O. The fourth-order valence-electron chi connectivity index (χ4n) is 2.57. The van der Waals surface area contributed by atoms with E-state index < -0.39 is 22.7 Å². The molecule has 7 nitrogen and oxygen atoms in total. The van der Waals surface area contributed by atoms with Crippen LogP contribution in [0, 0.1) is 0 Å². The molecule has 0 fully saturated rings. The lowest BCUT2D eigenvalue weighted by molar-refractivity contribution is 0.216. The van der Waals surface area contributed by atoms with Gasteiger partial charge in [0.1, 0.15) is 11.5 Å². The number of hydrogen-bond donors (Lipinski definition) is 1. The molecule has 1 atom stereocenters. The number of benzene rings is 2. The minimum Gasteiger partial charge on any atom is -0.457 e. The Balaban J connectivity index is 2.09. The fourth-order valence-corrected chi connectivity index (χ4v) is 6.10. The normalized spacial score (nSPS) is 13.5. The van der Waals surface area contributed by atoms with Crippen LogP contribution in [0.25, 0.3) is 6.08 Å². The van der Waals surface area contributed by atoms with E-state index in [0.29, 0.717) is 5.75 Å². The lowest BCUT2D eigenvalue weighted by atomic mass is 10.2. The summed E-state index contributed by atoms with van der Waals surface area (Å²) in [6, 6.07) is 16.5. The maximum absolute atomic E-state index is 12.8. The molecule has 0 saturated carbocycles. The van der Waals surface area contributed by atoms with Crippen LogP contribution in [0.5, 0.6) is 11.5 Å². The first kappa shape index (κ1) is 23.3. The molecular formula is C20H25O7PS. The molecule has 1 N–H and O–H groups in total. The Morgan fingerprint density at radius 1 is 0.966 bits per heavy atom. The monoisotopic (exact) mass is 440 g/mol. The van der Waals surface area contributed by atoms with E-state index in [-0.39, 0.29) is 19.6 Å². The standard InChI is InChI=1S/C20H25O7PS/c1-3-25-28(21,26-4-2)20(29(22,23)24)12-8-9-17-13-15-19(16-14-17)27-18-10-6-5-7-11-18/h5-11,13-16,20H,3-4,12H2,1-2H3,(H,22,23,24). The third-order valence-electron chi connectivity index (χ3n) is 3.82. The van der Waals surface area contributed by atoms with Gasteiger partial charge >= 0.3 is 7.60 Å². The molecule has 0 radical (unpaired) electrons. The van der Waals surface area contributed by atoms with Crippen LogP contribution in [0.3, 0.4) is 0 Å². The van der Waals surface area contributed by atoms with E-state index in [4.69, 9.17) is 13.8 Å². The van der Waals surface area contributed by atoms with Crippen LogP contribution >= 0.6 is 7.60 Å². The van der Waals surface area contributed by atoms with E-state index in [1.54, 1.807) is 44.2 Å². The van der Waals surface area contributed by atoms with Crippen molar-refractivity contribution in [2.24, 2.45) is 0 Å². The molecule has 2 aromatic carbocycles. The smallest absolute Gasteiger partial charge is 0.351 e. The van der Waals surface area contributed by atoms with Crippen LogP contribution in [-0.4, -0.2) is 31.2 Å². The molecule has 158 valence electrons. The van der Waals surface area contributed by atoms with E-state index in [1.165, 1.54) is 6.08 Å². The van der Waals surface area contributed by atoms with Gasteiger partial charge in [-0.05, 0) is 50.1 Å². The Morgan fingerprint density at radius 3 is 2.03 bits per heavy atom. The highest BCUT2D eigenvalue weighted by Gasteiger charge is 2.43. The lowest BCUT2D eigenvalue weighted by Gasteiger charge is -2.23. The maximum atomic E-state index is 12.8. The highest BCUT2D eigenvalue weighted by atomic mass is 32.2. The van der Waals surface area contributed by atoms with Gasteiger partial charge in [-0.25, -0.2) is 0 Å². The Morgan fingerprint density at radius 2 is 1.52 bits per heavy atom. The van der Waals surface area contributed by atoms with Gasteiger partial charge < -0.3 is 13.8 Å². The molecular weight excluding hydrogens is 415 g/mol. The molecule has 0 spiro atoms. The molecule has 0 aliphatic rings.